The summed E-state index contributed by atoms with van der Waals surface area (Å²) in [7, 11) is 1.59. The first-order chi connectivity index (χ1) is 16.6. The Morgan fingerprint density at radius 1 is 1.06 bits per heavy atom. The number of amides is 1. The predicted octanol–water partition coefficient (Wildman–Crippen LogP) is 5.69. The van der Waals surface area contributed by atoms with Crippen molar-refractivity contribution >= 4 is 33.0 Å². The maximum Gasteiger partial charge on any atom is 0.256 e. The van der Waals surface area contributed by atoms with E-state index in [1.807, 2.05) is 18.3 Å². The number of carbonyl (C=O) groups is 1. The molecular formula is C27H24FN3O2S. The van der Waals surface area contributed by atoms with Gasteiger partial charge >= 0.3 is 0 Å². The van der Waals surface area contributed by atoms with E-state index in [1.165, 1.54) is 22.9 Å². The van der Waals surface area contributed by atoms with Crippen LogP contribution in [0.4, 0.5) is 4.39 Å². The molecule has 0 unspecified atom stereocenters. The van der Waals surface area contributed by atoms with Gasteiger partial charge in [-0.15, -0.1) is 11.3 Å². The Hall–Kier alpha value is -3.55. The van der Waals surface area contributed by atoms with Gasteiger partial charge in [-0.25, -0.2) is 9.37 Å². The van der Waals surface area contributed by atoms with Gasteiger partial charge in [-0.2, -0.15) is 0 Å². The summed E-state index contributed by atoms with van der Waals surface area (Å²) in [5.41, 5.74) is 3.12. The summed E-state index contributed by atoms with van der Waals surface area (Å²) in [5.74, 6) is -0.841. The van der Waals surface area contributed by atoms with Gasteiger partial charge in [0.2, 0.25) is 0 Å². The second-order valence-corrected chi connectivity index (χ2v) is 8.92. The highest BCUT2D eigenvalue weighted by Crippen LogP contribution is 2.27. The third kappa shape index (κ3) is 4.44. The van der Waals surface area contributed by atoms with E-state index >= 15 is 0 Å². The highest BCUT2D eigenvalue weighted by Gasteiger charge is 2.20. The number of thiazole rings is 1. The molecule has 34 heavy (non-hydrogen) atoms. The maximum absolute atomic E-state index is 14.2. The van der Waals surface area contributed by atoms with E-state index in [0.29, 0.717) is 26.1 Å². The van der Waals surface area contributed by atoms with Gasteiger partial charge in [-0.05, 0) is 29.0 Å². The molecule has 0 aliphatic carbocycles. The van der Waals surface area contributed by atoms with Crippen molar-refractivity contribution < 1.29 is 13.9 Å². The van der Waals surface area contributed by atoms with E-state index in [9.17, 15) is 9.18 Å². The quantitative estimate of drug-likeness (QED) is 0.291. The molecule has 1 amide bonds. The molecule has 5 rings (SSSR count). The van der Waals surface area contributed by atoms with Crippen molar-refractivity contribution in [3.8, 4) is 11.3 Å². The summed E-state index contributed by atoms with van der Waals surface area (Å²) in [6, 6.07) is 20.7. The summed E-state index contributed by atoms with van der Waals surface area (Å²) >= 11 is 1.57. The molecule has 5 nitrogen and oxygen atoms in total. The molecule has 0 atom stereocenters. The van der Waals surface area contributed by atoms with Crippen molar-refractivity contribution in [2.75, 3.05) is 26.8 Å². The van der Waals surface area contributed by atoms with Gasteiger partial charge in [0.25, 0.3) is 5.91 Å². The Morgan fingerprint density at radius 2 is 1.85 bits per heavy atom. The van der Waals surface area contributed by atoms with E-state index in [0.717, 1.165) is 21.9 Å². The third-order valence-electron chi connectivity index (χ3n) is 5.92. The smallest absolute Gasteiger partial charge is 0.256 e. The van der Waals surface area contributed by atoms with Gasteiger partial charge in [0, 0.05) is 49.5 Å². The first-order valence-electron chi connectivity index (χ1n) is 11.1. The highest BCUT2D eigenvalue weighted by atomic mass is 32.1. The van der Waals surface area contributed by atoms with E-state index in [1.54, 1.807) is 35.5 Å². The van der Waals surface area contributed by atoms with Crippen LogP contribution >= 0.6 is 11.3 Å². The fourth-order valence-electron chi connectivity index (χ4n) is 4.07. The Balaban J connectivity index is 1.37. The van der Waals surface area contributed by atoms with Crippen molar-refractivity contribution in [1.82, 2.24) is 14.3 Å². The number of ether oxygens (including phenoxy) is 1. The zero-order valence-electron chi connectivity index (χ0n) is 18.8. The zero-order chi connectivity index (χ0) is 23.5. The fraction of sp³-hybridized carbons (Fsp3) is 0.185. The molecule has 0 saturated carbocycles. The van der Waals surface area contributed by atoms with E-state index in [-0.39, 0.29) is 11.5 Å². The molecule has 0 bridgehead atoms. The molecule has 0 radical (unpaired) electrons. The number of benzene rings is 3. The number of imidazole rings is 1. The van der Waals surface area contributed by atoms with Gasteiger partial charge in [0.05, 0.1) is 17.9 Å². The van der Waals surface area contributed by atoms with Crippen molar-refractivity contribution in [3.63, 3.8) is 0 Å². The fourth-order valence-corrected chi connectivity index (χ4v) is 4.98. The standard InChI is InChI=1S/C27H24FN3O2S/c1-33-15-14-30(26(32)23-8-4-5-9-24(23)28)13-12-22-18-34-27-29-25(17-31(22)27)21-11-10-19-6-2-3-7-20(19)16-21/h2-11,16-18H,12-15H2,1H3. The lowest BCUT2D eigenvalue weighted by atomic mass is 10.1. The summed E-state index contributed by atoms with van der Waals surface area (Å²) in [5, 5.41) is 4.44. The van der Waals surface area contributed by atoms with Gasteiger partial charge in [0.15, 0.2) is 4.96 Å². The van der Waals surface area contributed by atoms with Crippen LogP contribution in [0.1, 0.15) is 16.1 Å². The lowest BCUT2D eigenvalue weighted by Gasteiger charge is -2.22. The van der Waals surface area contributed by atoms with Gasteiger partial charge in [0.1, 0.15) is 5.82 Å². The van der Waals surface area contributed by atoms with Crippen LogP contribution in [0.5, 0.6) is 0 Å². The van der Waals surface area contributed by atoms with E-state index < -0.39 is 5.82 Å². The van der Waals surface area contributed by atoms with Crippen molar-refractivity contribution in [3.05, 3.63) is 95.4 Å². The van der Waals surface area contributed by atoms with Crippen LogP contribution in [0.2, 0.25) is 0 Å². The summed E-state index contributed by atoms with van der Waals surface area (Å²) < 4.78 is 21.5. The predicted molar refractivity (Wildman–Crippen MR) is 134 cm³/mol. The molecular weight excluding hydrogens is 449 g/mol. The lowest BCUT2D eigenvalue weighted by molar-refractivity contribution is 0.0692. The molecule has 2 aromatic heterocycles. The largest absolute Gasteiger partial charge is 0.383 e. The average Bonchev–Trinajstić information content (AvgIpc) is 3.45. The van der Waals surface area contributed by atoms with Gasteiger partial charge < -0.3 is 9.64 Å². The number of rotatable bonds is 8. The minimum Gasteiger partial charge on any atom is -0.383 e. The van der Waals surface area contributed by atoms with Crippen LogP contribution in [-0.2, 0) is 11.2 Å². The Kier molecular flexibility index (Phi) is 6.38. The van der Waals surface area contributed by atoms with Crippen LogP contribution in [0.15, 0.2) is 78.3 Å². The third-order valence-corrected chi connectivity index (χ3v) is 6.81. The molecule has 7 heteroatoms. The van der Waals surface area contributed by atoms with E-state index in [2.05, 4.69) is 40.1 Å². The number of aromatic nitrogens is 2. The first kappa shape index (κ1) is 22.3. The molecule has 0 aliphatic heterocycles. The Labute approximate surface area is 201 Å². The van der Waals surface area contributed by atoms with Crippen LogP contribution in [-0.4, -0.2) is 47.0 Å². The molecule has 3 aromatic carbocycles. The van der Waals surface area contributed by atoms with E-state index in [4.69, 9.17) is 9.72 Å². The average molecular weight is 474 g/mol. The second kappa shape index (κ2) is 9.75. The number of nitrogens with zero attached hydrogens (tertiary/aromatic N) is 3. The molecule has 5 aromatic rings. The van der Waals surface area contributed by atoms with Gasteiger partial charge in [-0.3, -0.25) is 9.20 Å². The zero-order valence-corrected chi connectivity index (χ0v) is 19.6. The number of halogens is 1. The van der Waals surface area contributed by atoms with Crippen LogP contribution in [0.3, 0.4) is 0 Å². The normalized spacial score (nSPS) is 11.4. The maximum atomic E-state index is 14.2. The molecule has 172 valence electrons. The van der Waals surface area contributed by atoms with Crippen molar-refractivity contribution in [1.29, 1.82) is 0 Å². The number of fused-ring (bicyclic) bond motifs is 2. The molecule has 0 spiro atoms. The summed E-state index contributed by atoms with van der Waals surface area (Å²) in [6.45, 7) is 1.23. The van der Waals surface area contributed by atoms with Gasteiger partial charge in [-0.1, -0.05) is 48.5 Å². The molecule has 0 aliphatic rings. The van der Waals surface area contributed by atoms with Crippen LogP contribution in [0, 0.1) is 5.82 Å². The molecule has 0 saturated heterocycles. The topological polar surface area (TPSA) is 46.8 Å². The number of hydrogen-bond donors (Lipinski definition) is 0. The minimum absolute atomic E-state index is 0.0790. The molecule has 0 N–H and O–H groups in total. The highest BCUT2D eigenvalue weighted by molar-refractivity contribution is 7.15. The van der Waals surface area contributed by atoms with Crippen LogP contribution in [0.25, 0.3) is 27.0 Å². The lowest BCUT2D eigenvalue weighted by Crippen LogP contribution is -2.36. The number of hydrogen-bond acceptors (Lipinski definition) is 4. The SMILES string of the molecule is COCCN(CCc1csc2nc(-c3ccc4ccccc4c3)cn12)C(=O)c1ccccc1F. The van der Waals surface area contributed by atoms with Crippen molar-refractivity contribution in [2.45, 2.75) is 6.42 Å². The van der Waals surface area contributed by atoms with Crippen molar-refractivity contribution in [2.24, 2.45) is 0 Å². The van der Waals surface area contributed by atoms with Crippen LogP contribution < -0.4 is 0 Å². The minimum atomic E-state index is -0.512. The Bertz CT molecular complexity index is 1460. The first-order valence-corrected chi connectivity index (χ1v) is 12.0. The summed E-state index contributed by atoms with van der Waals surface area (Å²) in [6.07, 6.45) is 2.67. The number of methoxy groups -OCH3 is 1. The molecule has 2 heterocycles. The molecule has 0 fully saturated rings. The Morgan fingerprint density at radius 3 is 2.68 bits per heavy atom. The summed E-state index contributed by atoms with van der Waals surface area (Å²) in [4.78, 5) is 20.4. The number of carbonyl (C=O) groups excluding carboxylic acids is 1. The monoisotopic (exact) mass is 473 g/mol. The second-order valence-electron chi connectivity index (χ2n) is 8.08.